The van der Waals surface area contributed by atoms with Crippen LogP contribution in [0.2, 0.25) is 0 Å². The van der Waals surface area contributed by atoms with Crippen LogP contribution in [0.5, 0.6) is 5.75 Å². The molecule has 0 radical (unpaired) electrons. The second-order valence-electron chi connectivity index (χ2n) is 4.90. The summed E-state index contributed by atoms with van der Waals surface area (Å²) in [4.78, 5) is 42.0. The van der Waals surface area contributed by atoms with E-state index in [9.17, 15) is 19.5 Å². The highest BCUT2D eigenvalue weighted by Crippen LogP contribution is 2.33. The minimum absolute atomic E-state index is 0.116. The van der Waals surface area contributed by atoms with E-state index in [0.717, 1.165) is 13.3 Å². The molecule has 2 rings (SSSR count). The van der Waals surface area contributed by atoms with Crippen molar-refractivity contribution in [1.82, 2.24) is 9.97 Å². The molecule has 8 heteroatoms. The van der Waals surface area contributed by atoms with Gasteiger partial charge in [0.05, 0.1) is 26.2 Å². The molecule has 0 aliphatic heterocycles. The molecule has 2 N–H and O–H groups in total. The third-order valence-corrected chi connectivity index (χ3v) is 3.56. The van der Waals surface area contributed by atoms with Gasteiger partial charge in [0.25, 0.3) is 5.56 Å². The minimum Gasteiger partial charge on any atom is -0.506 e. The summed E-state index contributed by atoms with van der Waals surface area (Å²) in [6.45, 7) is 0. The van der Waals surface area contributed by atoms with Crippen LogP contribution in [-0.2, 0) is 14.3 Å². The third-order valence-electron chi connectivity index (χ3n) is 3.56. The normalized spacial score (nSPS) is 11.6. The number of esters is 2. The summed E-state index contributed by atoms with van der Waals surface area (Å²) in [6.07, 6.45) is 3.86. The molecular formula is C16H16N2O6. The van der Waals surface area contributed by atoms with Gasteiger partial charge in [-0.3, -0.25) is 14.6 Å². The summed E-state index contributed by atoms with van der Waals surface area (Å²) in [5.41, 5.74) is -0.366. The summed E-state index contributed by atoms with van der Waals surface area (Å²) in [5.74, 6) is -2.72. The van der Waals surface area contributed by atoms with Gasteiger partial charge in [-0.15, -0.1) is 0 Å². The van der Waals surface area contributed by atoms with E-state index in [4.69, 9.17) is 0 Å². The van der Waals surface area contributed by atoms with Gasteiger partial charge in [-0.05, 0) is 17.7 Å². The fourth-order valence-corrected chi connectivity index (χ4v) is 2.36. The average Bonchev–Trinajstić information content (AvgIpc) is 2.60. The van der Waals surface area contributed by atoms with Crippen molar-refractivity contribution >= 4 is 11.9 Å². The molecule has 2 heterocycles. The Morgan fingerprint density at radius 3 is 2.50 bits per heavy atom. The molecule has 2 aromatic heterocycles. The van der Waals surface area contributed by atoms with Gasteiger partial charge >= 0.3 is 11.9 Å². The van der Waals surface area contributed by atoms with Gasteiger partial charge in [-0.2, -0.15) is 0 Å². The number of aromatic hydroxyl groups is 1. The lowest BCUT2D eigenvalue weighted by Crippen LogP contribution is -2.22. The van der Waals surface area contributed by atoms with Gasteiger partial charge in [0, 0.05) is 24.5 Å². The molecule has 0 aromatic carbocycles. The van der Waals surface area contributed by atoms with E-state index in [0.29, 0.717) is 5.56 Å². The molecule has 2 aromatic rings. The monoisotopic (exact) mass is 332 g/mol. The first-order valence-corrected chi connectivity index (χ1v) is 6.99. The number of methoxy groups -OCH3 is 2. The quantitative estimate of drug-likeness (QED) is 0.783. The molecule has 1 atom stereocenters. The zero-order valence-electron chi connectivity index (χ0n) is 13.1. The van der Waals surface area contributed by atoms with Crippen molar-refractivity contribution in [2.24, 2.45) is 0 Å². The van der Waals surface area contributed by atoms with E-state index in [1.165, 1.54) is 19.5 Å². The van der Waals surface area contributed by atoms with Gasteiger partial charge in [0.15, 0.2) is 0 Å². The van der Waals surface area contributed by atoms with Gasteiger partial charge < -0.3 is 19.6 Å². The number of carbonyl (C=O) groups excluding carboxylic acids is 2. The molecular weight excluding hydrogens is 316 g/mol. The van der Waals surface area contributed by atoms with Crippen molar-refractivity contribution in [1.29, 1.82) is 0 Å². The van der Waals surface area contributed by atoms with E-state index < -0.39 is 29.2 Å². The Kier molecular flexibility index (Phi) is 5.31. The average molecular weight is 332 g/mol. The number of carbonyl (C=O) groups is 2. The fraction of sp³-hybridized carbons (Fsp3) is 0.250. The zero-order chi connectivity index (χ0) is 17.7. The topological polar surface area (TPSA) is 119 Å². The second kappa shape index (κ2) is 7.40. The Hall–Kier alpha value is -3.16. The first-order chi connectivity index (χ1) is 11.5. The molecule has 8 nitrogen and oxygen atoms in total. The lowest BCUT2D eigenvalue weighted by molar-refractivity contribution is -0.140. The molecule has 0 unspecified atom stereocenters. The molecule has 0 saturated carbocycles. The number of rotatable bonds is 5. The van der Waals surface area contributed by atoms with Crippen LogP contribution in [0.4, 0.5) is 0 Å². The predicted octanol–water partition coefficient (Wildman–Crippen LogP) is 0.957. The summed E-state index contributed by atoms with van der Waals surface area (Å²) >= 11 is 0. The number of aromatic amines is 1. The maximum absolute atomic E-state index is 12.3. The molecule has 0 aliphatic carbocycles. The van der Waals surface area contributed by atoms with E-state index >= 15 is 0 Å². The number of aromatic nitrogens is 2. The minimum atomic E-state index is -0.811. The first kappa shape index (κ1) is 17.2. The molecule has 0 aliphatic rings. The molecule has 0 saturated heterocycles. The summed E-state index contributed by atoms with van der Waals surface area (Å²) in [5, 5.41) is 10.4. The SMILES string of the molecule is COC(=O)C[C@H](c1ccncc1)c1c(O)c(C(=O)OC)c[nH]c1=O. The Labute approximate surface area is 137 Å². The van der Waals surface area contributed by atoms with Crippen molar-refractivity contribution in [2.45, 2.75) is 12.3 Å². The van der Waals surface area contributed by atoms with Gasteiger partial charge in [-0.25, -0.2) is 4.79 Å². The van der Waals surface area contributed by atoms with E-state index in [-0.39, 0.29) is 17.5 Å². The van der Waals surface area contributed by atoms with Crippen molar-refractivity contribution in [2.75, 3.05) is 14.2 Å². The van der Waals surface area contributed by atoms with Crippen LogP contribution in [0, 0.1) is 0 Å². The van der Waals surface area contributed by atoms with Crippen LogP contribution in [-0.4, -0.2) is 41.2 Å². The standard InChI is InChI=1S/C16H16N2O6/c1-23-12(19)7-10(9-3-5-17-6-4-9)13-14(20)11(16(22)24-2)8-18-15(13)21/h3-6,8,10H,7H2,1-2H3,(H2,18,20,21)/t10-/m1/s1. The Morgan fingerprint density at radius 1 is 1.25 bits per heavy atom. The fourth-order valence-electron chi connectivity index (χ4n) is 2.36. The van der Waals surface area contributed by atoms with E-state index in [2.05, 4.69) is 19.4 Å². The van der Waals surface area contributed by atoms with Crippen LogP contribution >= 0.6 is 0 Å². The highest BCUT2D eigenvalue weighted by atomic mass is 16.5. The number of nitrogens with zero attached hydrogens (tertiary/aromatic N) is 1. The van der Waals surface area contributed by atoms with E-state index in [1.807, 2.05) is 0 Å². The zero-order valence-corrected chi connectivity index (χ0v) is 13.1. The number of H-pyrrole nitrogens is 1. The highest BCUT2D eigenvalue weighted by Gasteiger charge is 2.28. The number of nitrogens with one attached hydrogen (secondary N) is 1. The summed E-state index contributed by atoms with van der Waals surface area (Å²) < 4.78 is 9.24. The molecule has 0 fully saturated rings. The number of pyridine rings is 2. The van der Waals surface area contributed by atoms with Crippen LogP contribution < -0.4 is 5.56 Å². The van der Waals surface area contributed by atoms with Crippen molar-refractivity contribution in [3.05, 3.63) is 57.8 Å². The van der Waals surface area contributed by atoms with Crippen LogP contribution in [0.3, 0.4) is 0 Å². The molecule has 24 heavy (non-hydrogen) atoms. The largest absolute Gasteiger partial charge is 0.506 e. The lowest BCUT2D eigenvalue weighted by Gasteiger charge is -2.18. The molecule has 0 spiro atoms. The second-order valence-corrected chi connectivity index (χ2v) is 4.90. The summed E-state index contributed by atoms with van der Waals surface area (Å²) in [6, 6.07) is 3.22. The maximum Gasteiger partial charge on any atom is 0.343 e. The molecule has 0 amide bonds. The van der Waals surface area contributed by atoms with Crippen LogP contribution in [0.15, 0.2) is 35.5 Å². The third kappa shape index (κ3) is 3.43. The van der Waals surface area contributed by atoms with Crippen molar-refractivity contribution in [3.8, 4) is 5.75 Å². The van der Waals surface area contributed by atoms with Gasteiger partial charge in [0.2, 0.25) is 0 Å². The maximum atomic E-state index is 12.3. The molecule has 126 valence electrons. The molecule has 0 bridgehead atoms. The smallest absolute Gasteiger partial charge is 0.343 e. The van der Waals surface area contributed by atoms with Gasteiger partial charge in [-0.1, -0.05) is 0 Å². The van der Waals surface area contributed by atoms with Crippen molar-refractivity contribution in [3.63, 3.8) is 0 Å². The predicted molar refractivity (Wildman–Crippen MR) is 82.8 cm³/mol. The first-order valence-electron chi connectivity index (χ1n) is 6.99. The van der Waals surface area contributed by atoms with Crippen LogP contribution in [0.25, 0.3) is 0 Å². The highest BCUT2D eigenvalue weighted by molar-refractivity contribution is 5.92. The van der Waals surface area contributed by atoms with E-state index in [1.54, 1.807) is 12.1 Å². The Morgan fingerprint density at radius 2 is 1.92 bits per heavy atom. The Balaban J connectivity index is 2.64. The lowest BCUT2D eigenvalue weighted by atomic mass is 9.88. The number of ether oxygens (including phenoxy) is 2. The number of hydrogen-bond acceptors (Lipinski definition) is 7. The van der Waals surface area contributed by atoms with Crippen molar-refractivity contribution < 1.29 is 24.2 Å². The summed E-state index contributed by atoms with van der Waals surface area (Å²) in [7, 11) is 2.38. The Bertz CT molecular complexity index is 800. The van der Waals surface area contributed by atoms with Crippen LogP contribution in [0.1, 0.15) is 33.8 Å². The van der Waals surface area contributed by atoms with Gasteiger partial charge in [0.1, 0.15) is 11.3 Å². The number of hydrogen-bond donors (Lipinski definition) is 2.